The molecule has 0 bridgehead atoms. The van der Waals surface area contributed by atoms with E-state index >= 15 is 0 Å². The molecule has 3 heterocycles. The summed E-state index contributed by atoms with van der Waals surface area (Å²) < 4.78 is 16.8. The van der Waals surface area contributed by atoms with E-state index in [0.717, 1.165) is 30.5 Å². The number of benzene rings is 1. The molecule has 1 aliphatic rings. The lowest BCUT2D eigenvalue weighted by Gasteiger charge is -2.26. The summed E-state index contributed by atoms with van der Waals surface area (Å²) in [5, 5.41) is 0. The fourth-order valence-corrected chi connectivity index (χ4v) is 3.65. The van der Waals surface area contributed by atoms with Gasteiger partial charge in [0.25, 0.3) is 5.91 Å². The number of anilines is 1. The molecule has 0 atom stereocenters. The molecule has 2 aromatic heterocycles. The largest absolute Gasteiger partial charge is 0.497 e. The van der Waals surface area contributed by atoms with Gasteiger partial charge in [-0.25, -0.2) is 0 Å². The predicted octanol–water partition coefficient (Wildman–Crippen LogP) is 4.71. The number of methoxy groups -OCH3 is 1. The molecule has 1 saturated heterocycles. The minimum Gasteiger partial charge on any atom is -0.497 e. The number of amides is 1. The predicted molar refractivity (Wildman–Crippen MR) is 110 cm³/mol. The van der Waals surface area contributed by atoms with Gasteiger partial charge in [0.1, 0.15) is 17.3 Å². The first-order valence-corrected chi connectivity index (χ1v) is 10.0. The highest BCUT2D eigenvalue weighted by atomic mass is 16.5. The van der Waals surface area contributed by atoms with E-state index in [1.165, 1.54) is 19.3 Å². The van der Waals surface area contributed by atoms with Crippen molar-refractivity contribution in [1.29, 1.82) is 0 Å². The van der Waals surface area contributed by atoms with Crippen molar-refractivity contribution in [2.24, 2.45) is 0 Å². The highest BCUT2D eigenvalue weighted by molar-refractivity contribution is 5.94. The molecule has 1 fully saturated rings. The van der Waals surface area contributed by atoms with Crippen molar-refractivity contribution in [2.75, 3.05) is 25.1 Å². The van der Waals surface area contributed by atoms with Crippen LogP contribution < -0.4 is 9.64 Å². The van der Waals surface area contributed by atoms with Gasteiger partial charge in [-0.05, 0) is 55.7 Å². The molecule has 6 heteroatoms. The number of carbonyl (C=O) groups excluding carboxylic acids is 1. The van der Waals surface area contributed by atoms with Gasteiger partial charge >= 0.3 is 0 Å². The Labute approximate surface area is 170 Å². The van der Waals surface area contributed by atoms with E-state index in [4.69, 9.17) is 13.6 Å². The summed E-state index contributed by atoms with van der Waals surface area (Å²) >= 11 is 0. The van der Waals surface area contributed by atoms with Crippen LogP contribution in [0.1, 0.15) is 41.1 Å². The monoisotopic (exact) mass is 394 g/mol. The van der Waals surface area contributed by atoms with Gasteiger partial charge in [0.15, 0.2) is 5.88 Å². The molecule has 0 unspecified atom stereocenters. The quantitative estimate of drug-likeness (QED) is 0.581. The Morgan fingerprint density at radius 2 is 1.86 bits per heavy atom. The molecule has 1 aliphatic heterocycles. The van der Waals surface area contributed by atoms with Gasteiger partial charge < -0.3 is 23.4 Å². The zero-order valence-corrected chi connectivity index (χ0v) is 16.7. The van der Waals surface area contributed by atoms with Crippen molar-refractivity contribution < 1.29 is 18.4 Å². The van der Waals surface area contributed by atoms with Crippen LogP contribution >= 0.6 is 0 Å². The number of rotatable bonds is 7. The molecular weight excluding hydrogens is 368 g/mol. The van der Waals surface area contributed by atoms with Crippen LogP contribution in [-0.4, -0.2) is 31.0 Å². The molecule has 0 radical (unpaired) electrons. The molecule has 1 aromatic carbocycles. The van der Waals surface area contributed by atoms with Crippen LogP contribution in [0.25, 0.3) is 0 Å². The summed E-state index contributed by atoms with van der Waals surface area (Å²) in [7, 11) is 1.59. The maximum atomic E-state index is 13.2. The van der Waals surface area contributed by atoms with Crippen LogP contribution in [0.5, 0.6) is 5.75 Å². The summed E-state index contributed by atoms with van der Waals surface area (Å²) in [6.07, 6.45) is 5.27. The Hall–Kier alpha value is -3.15. The maximum Gasteiger partial charge on any atom is 0.254 e. The van der Waals surface area contributed by atoms with E-state index in [1.54, 1.807) is 30.4 Å². The standard InChI is InChI=1S/C23H26N2O4/c1-27-19-8-5-7-18(15-19)23(26)25(16-20-9-6-14-28-20)17-21-10-11-22(29-21)24-12-3-2-4-13-24/h5-11,14-15H,2-4,12-13,16-17H2,1H3. The normalized spacial score (nSPS) is 14.0. The fraction of sp³-hybridized carbons (Fsp3) is 0.348. The first-order chi connectivity index (χ1) is 14.2. The van der Waals surface area contributed by atoms with Gasteiger partial charge in [-0.1, -0.05) is 6.07 Å². The first-order valence-electron chi connectivity index (χ1n) is 10.0. The fourth-order valence-electron chi connectivity index (χ4n) is 3.65. The van der Waals surface area contributed by atoms with Gasteiger partial charge in [0.05, 0.1) is 26.5 Å². The van der Waals surface area contributed by atoms with E-state index in [1.807, 2.05) is 36.4 Å². The lowest BCUT2D eigenvalue weighted by Crippen LogP contribution is -2.30. The third-order valence-corrected chi connectivity index (χ3v) is 5.19. The zero-order valence-electron chi connectivity index (χ0n) is 16.7. The molecule has 0 spiro atoms. The van der Waals surface area contributed by atoms with Crippen LogP contribution in [0.4, 0.5) is 5.88 Å². The maximum absolute atomic E-state index is 13.2. The minimum absolute atomic E-state index is 0.101. The van der Waals surface area contributed by atoms with Crippen molar-refractivity contribution in [1.82, 2.24) is 4.90 Å². The van der Waals surface area contributed by atoms with Crippen LogP contribution in [-0.2, 0) is 13.1 Å². The molecule has 0 saturated carbocycles. The van der Waals surface area contributed by atoms with Crippen LogP contribution in [0, 0.1) is 0 Å². The van der Waals surface area contributed by atoms with Gasteiger partial charge in [-0.3, -0.25) is 4.79 Å². The third-order valence-electron chi connectivity index (χ3n) is 5.19. The summed E-state index contributed by atoms with van der Waals surface area (Å²) in [6, 6.07) is 14.8. The van der Waals surface area contributed by atoms with E-state index in [-0.39, 0.29) is 5.91 Å². The first kappa shape index (κ1) is 19.2. The number of furan rings is 2. The van der Waals surface area contributed by atoms with E-state index in [9.17, 15) is 4.79 Å². The van der Waals surface area contributed by atoms with Gasteiger partial charge in [-0.2, -0.15) is 0 Å². The van der Waals surface area contributed by atoms with Crippen LogP contribution in [0.2, 0.25) is 0 Å². The molecule has 29 heavy (non-hydrogen) atoms. The second-order valence-electron chi connectivity index (χ2n) is 7.26. The Balaban J connectivity index is 1.54. The lowest BCUT2D eigenvalue weighted by molar-refractivity contribution is 0.0704. The Kier molecular flexibility index (Phi) is 5.89. The SMILES string of the molecule is COc1cccc(C(=O)N(Cc2ccco2)Cc2ccc(N3CCCCC3)o2)c1. The third kappa shape index (κ3) is 4.65. The summed E-state index contributed by atoms with van der Waals surface area (Å²) in [5.74, 6) is 2.92. The summed E-state index contributed by atoms with van der Waals surface area (Å²) in [4.78, 5) is 17.2. The number of hydrogen-bond donors (Lipinski definition) is 0. The molecule has 152 valence electrons. The number of ether oxygens (including phenoxy) is 1. The van der Waals surface area contributed by atoms with Crippen LogP contribution in [0.15, 0.2) is 63.6 Å². The second-order valence-corrected chi connectivity index (χ2v) is 7.26. The Bertz CT molecular complexity index is 926. The Morgan fingerprint density at radius 3 is 2.62 bits per heavy atom. The number of carbonyl (C=O) groups is 1. The van der Waals surface area contributed by atoms with Crippen molar-refractivity contribution in [3.8, 4) is 5.75 Å². The smallest absolute Gasteiger partial charge is 0.254 e. The molecule has 4 rings (SSSR count). The molecule has 0 N–H and O–H groups in total. The van der Waals surface area contributed by atoms with Crippen LogP contribution in [0.3, 0.4) is 0 Å². The van der Waals surface area contributed by atoms with Crippen molar-refractivity contribution in [3.05, 3.63) is 71.9 Å². The van der Waals surface area contributed by atoms with Gasteiger partial charge in [0, 0.05) is 24.7 Å². The second kappa shape index (κ2) is 8.90. The molecule has 1 amide bonds. The summed E-state index contributed by atoms with van der Waals surface area (Å²) in [5.41, 5.74) is 0.568. The van der Waals surface area contributed by atoms with E-state index < -0.39 is 0 Å². The summed E-state index contributed by atoms with van der Waals surface area (Å²) in [6.45, 7) is 2.77. The van der Waals surface area contributed by atoms with E-state index in [2.05, 4.69) is 4.90 Å². The van der Waals surface area contributed by atoms with E-state index in [0.29, 0.717) is 24.4 Å². The van der Waals surface area contributed by atoms with Crippen molar-refractivity contribution in [3.63, 3.8) is 0 Å². The van der Waals surface area contributed by atoms with Gasteiger partial charge in [0.2, 0.25) is 0 Å². The topological polar surface area (TPSA) is 59.1 Å². The molecular formula is C23H26N2O4. The van der Waals surface area contributed by atoms with Gasteiger partial charge in [-0.15, -0.1) is 0 Å². The highest BCUT2D eigenvalue weighted by Gasteiger charge is 2.21. The highest BCUT2D eigenvalue weighted by Crippen LogP contribution is 2.25. The molecule has 3 aromatic rings. The lowest BCUT2D eigenvalue weighted by atomic mass is 10.1. The number of nitrogens with zero attached hydrogens (tertiary/aromatic N) is 2. The average molecular weight is 394 g/mol. The number of hydrogen-bond acceptors (Lipinski definition) is 5. The molecule has 6 nitrogen and oxygen atoms in total. The minimum atomic E-state index is -0.101. The van der Waals surface area contributed by atoms with Crippen molar-refractivity contribution in [2.45, 2.75) is 32.4 Å². The van der Waals surface area contributed by atoms with Crippen molar-refractivity contribution >= 4 is 11.8 Å². The Morgan fingerprint density at radius 1 is 1.03 bits per heavy atom. The number of piperidine rings is 1. The zero-order chi connectivity index (χ0) is 20.1. The molecule has 0 aliphatic carbocycles. The average Bonchev–Trinajstić information content (AvgIpc) is 3.46.